The lowest BCUT2D eigenvalue weighted by Gasteiger charge is -2.19. The van der Waals surface area contributed by atoms with Gasteiger partial charge in [0.2, 0.25) is 0 Å². The number of hydrogen-bond acceptors (Lipinski definition) is 1. The molecule has 3 heteroatoms. The average Bonchev–Trinajstić information content (AvgIpc) is 2.31. The predicted octanol–water partition coefficient (Wildman–Crippen LogP) is 3.72. The van der Waals surface area contributed by atoms with Crippen molar-refractivity contribution in [3.05, 3.63) is 29.3 Å². The van der Waals surface area contributed by atoms with Gasteiger partial charge < -0.3 is 10.6 Å². The third-order valence-electron chi connectivity index (χ3n) is 3.34. The number of nitrogens with one attached hydrogen (secondary N) is 2. The van der Waals surface area contributed by atoms with Crippen molar-refractivity contribution in [2.75, 3.05) is 5.32 Å². The smallest absolute Gasteiger partial charge is 0.319 e. The summed E-state index contributed by atoms with van der Waals surface area (Å²) in [4.78, 5) is 11.9. The minimum atomic E-state index is -0.125. The van der Waals surface area contributed by atoms with Gasteiger partial charge in [-0.2, -0.15) is 0 Å². The van der Waals surface area contributed by atoms with E-state index in [1.54, 1.807) is 0 Å². The largest absolute Gasteiger partial charge is 0.335 e. The second-order valence-corrected chi connectivity index (χ2v) is 5.09. The minimum absolute atomic E-state index is 0.125. The summed E-state index contributed by atoms with van der Waals surface area (Å²) in [5.41, 5.74) is 3.21. The molecule has 0 saturated heterocycles. The Hall–Kier alpha value is -1.51. The first-order chi connectivity index (χ1) is 8.45. The van der Waals surface area contributed by atoms with Gasteiger partial charge in [0.1, 0.15) is 0 Å². The van der Waals surface area contributed by atoms with Crippen LogP contribution >= 0.6 is 0 Å². The van der Waals surface area contributed by atoms with Crippen LogP contribution in [0.2, 0.25) is 0 Å². The van der Waals surface area contributed by atoms with Gasteiger partial charge in [0, 0.05) is 11.7 Å². The van der Waals surface area contributed by atoms with E-state index in [1.807, 2.05) is 26.0 Å². The highest BCUT2D eigenvalue weighted by molar-refractivity contribution is 5.91. The van der Waals surface area contributed by atoms with Crippen LogP contribution in [0.5, 0.6) is 0 Å². The van der Waals surface area contributed by atoms with Crippen LogP contribution in [-0.4, -0.2) is 12.1 Å². The lowest BCUT2D eigenvalue weighted by Crippen LogP contribution is -2.39. The summed E-state index contributed by atoms with van der Waals surface area (Å²) >= 11 is 0. The highest BCUT2D eigenvalue weighted by Crippen LogP contribution is 2.20. The van der Waals surface area contributed by atoms with Gasteiger partial charge in [-0.3, -0.25) is 0 Å². The molecule has 0 bridgehead atoms. The molecule has 1 aromatic rings. The summed E-state index contributed by atoms with van der Waals surface area (Å²) in [5.74, 6) is 0.429. The van der Waals surface area contributed by atoms with Gasteiger partial charge in [-0.25, -0.2) is 4.79 Å². The number of aryl methyl sites for hydroxylation is 2. The zero-order valence-corrected chi connectivity index (χ0v) is 12.0. The summed E-state index contributed by atoms with van der Waals surface area (Å²) in [6, 6.07) is 6.13. The average molecular weight is 248 g/mol. The van der Waals surface area contributed by atoms with E-state index in [0.717, 1.165) is 17.7 Å². The van der Waals surface area contributed by atoms with Gasteiger partial charge in [0.25, 0.3) is 0 Å². The second-order valence-electron chi connectivity index (χ2n) is 5.09. The Labute approximate surface area is 110 Å². The number of rotatable bonds is 4. The fourth-order valence-electron chi connectivity index (χ4n) is 1.73. The maximum atomic E-state index is 11.9. The maximum absolute atomic E-state index is 11.9. The Morgan fingerprint density at radius 1 is 1.28 bits per heavy atom. The molecule has 0 saturated carbocycles. The van der Waals surface area contributed by atoms with Crippen molar-refractivity contribution in [2.24, 2.45) is 5.92 Å². The van der Waals surface area contributed by atoms with Gasteiger partial charge in [-0.05, 0) is 37.3 Å². The molecule has 0 aliphatic heterocycles. The molecular formula is C15H24N2O. The fraction of sp³-hybridized carbons (Fsp3) is 0.533. The number of carbonyl (C=O) groups is 1. The summed E-state index contributed by atoms with van der Waals surface area (Å²) in [7, 11) is 0. The van der Waals surface area contributed by atoms with Crippen LogP contribution < -0.4 is 10.6 Å². The molecule has 0 radical (unpaired) electrons. The normalized spacial score (nSPS) is 12.3. The van der Waals surface area contributed by atoms with Crippen LogP contribution in [0.15, 0.2) is 18.2 Å². The highest BCUT2D eigenvalue weighted by Gasteiger charge is 2.12. The van der Waals surface area contributed by atoms with E-state index in [4.69, 9.17) is 0 Å². The fourth-order valence-corrected chi connectivity index (χ4v) is 1.73. The minimum Gasteiger partial charge on any atom is -0.335 e. The van der Waals surface area contributed by atoms with Gasteiger partial charge >= 0.3 is 6.03 Å². The number of urea groups is 1. The van der Waals surface area contributed by atoms with E-state index >= 15 is 0 Å². The van der Waals surface area contributed by atoms with Crippen molar-refractivity contribution in [3.8, 4) is 0 Å². The molecule has 1 aromatic carbocycles. The van der Waals surface area contributed by atoms with E-state index < -0.39 is 0 Å². The van der Waals surface area contributed by atoms with Gasteiger partial charge in [-0.1, -0.05) is 39.0 Å². The third kappa shape index (κ3) is 3.76. The molecule has 0 heterocycles. The van der Waals surface area contributed by atoms with Crippen molar-refractivity contribution >= 4 is 11.7 Å². The Kier molecular flexibility index (Phi) is 5.20. The van der Waals surface area contributed by atoms with E-state index in [1.165, 1.54) is 5.56 Å². The van der Waals surface area contributed by atoms with E-state index in [2.05, 4.69) is 37.5 Å². The van der Waals surface area contributed by atoms with Crippen molar-refractivity contribution in [1.29, 1.82) is 0 Å². The van der Waals surface area contributed by atoms with Crippen molar-refractivity contribution in [3.63, 3.8) is 0 Å². The Bertz CT molecular complexity index is 413. The van der Waals surface area contributed by atoms with Crippen molar-refractivity contribution in [1.82, 2.24) is 5.32 Å². The topological polar surface area (TPSA) is 41.1 Å². The van der Waals surface area contributed by atoms with E-state index in [-0.39, 0.29) is 12.1 Å². The molecule has 0 spiro atoms. The zero-order valence-electron chi connectivity index (χ0n) is 12.0. The molecule has 2 amide bonds. The molecule has 1 unspecified atom stereocenters. The van der Waals surface area contributed by atoms with Crippen molar-refractivity contribution < 1.29 is 4.79 Å². The van der Waals surface area contributed by atoms with Crippen LogP contribution in [0, 0.1) is 12.8 Å². The molecule has 100 valence electrons. The molecule has 3 nitrogen and oxygen atoms in total. The highest BCUT2D eigenvalue weighted by atomic mass is 16.2. The number of hydrogen-bond donors (Lipinski definition) is 2. The molecule has 0 aliphatic rings. The SMILES string of the molecule is CCc1cccc(C)c1NC(=O)NC(C)C(C)C. The van der Waals surface area contributed by atoms with Crippen LogP contribution in [-0.2, 0) is 6.42 Å². The number of para-hydroxylation sites is 1. The molecule has 1 atom stereocenters. The lowest BCUT2D eigenvalue weighted by atomic mass is 10.1. The summed E-state index contributed by atoms with van der Waals surface area (Å²) in [6.07, 6.45) is 0.914. The Morgan fingerprint density at radius 2 is 1.94 bits per heavy atom. The Balaban J connectivity index is 2.76. The van der Waals surface area contributed by atoms with Crippen LogP contribution in [0.1, 0.15) is 38.8 Å². The number of anilines is 1. The third-order valence-corrected chi connectivity index (χ3v) is 3.34. The summed E-state index contributed by atoms with van der Waals surface area (Å²) in [5, 5.41) is 5.92. The van der Waals surface area contributed by atoms with Gasteiger partial charge in [-0.15, -0.1) is 0 Å². The number of amides is 2. The number of benzene rings is 1. The molecule has 1 rings (SSSR count). The lowest BCUT2D eigenvalue weighted by molar-refractivity contribution is 0.246. The second kappa shape index (κ2) is 6.43. The van der Waals surface area contributed by atoms with Crippen LogP contribution in [0.4, 0.5) is 10.5 Å². The molecule has 0 aliphatic carbocycles. The first-order valence-corrected chi connectivity index (χ1v) is 6.61. The van der Waals surface area contributed by atoms with Gasteiger partial charge in [0.05, 0.1) is 0 Å². The zero-order chi connectivity index (χ0) is 13.7. The van der Waals surface area contributed by atoms with E-state index in [0.29, 0.717) is 5.92 Å². The molecule has 2 N–H and O–H groups in total. The summed E-state index contributed by atoms with van der Waals surface area (Å²) in [6.45, 7) is 10.3. The van der Waals surface area contributed by atoms with Crippen LogP contribution in [0.25, 0.3) is 0 Å². The standard InChI is InChI=1S/C15H24N2O/c1-6-13-9-7-8-11(4)14(13)17-15(18)16-12(5)10(2)3/h7-10,12H,6H2,1-5H3,(H2,16,17,18). The maximum Gasteiger partial charge on any atom is 0.319 e. The first-order valence-electron chi connectivity index (χ1n) is 6.61. The Morgan fingerprint density at radius 3 is 2.50 bits per heavy atom. The predicted molar refractivity (Wildman–Crippen MR) is 77.0 cm³/mol. The quantitative estimate of drug-likeness (QED) is 0.837. The van der Waals surface area contributed by atoms with Crippen molar-refractivity contribution in [2.45, 2.75) is 47.1 Å². The molecule has 18 heavy (non-hydrogen) atoms. The van der Waals surface area contributed by atoms with Gasteiger partial charge in [0.15, 0.2) is 0 Å². The first kappa shape index (κ1) is 14.6. The van der Waals surface area contributed by atoms with Crippen LogP contribution in [0.3, 0.4) is 0 Å². The molecular weight excluding hydrogens is 224 g/mol. The molecule has 0 fully saturated rings. The monoisotopic (exact) mass is 248 g/mol. The molecule has 0 aromatic heterocycles. The summed E-state index contributed by atoms with van der Waals surface area (Å²) < 4.78 is 0. The van der Waals surface area contributed by atoms with E-state index in [9.17, 15) is 4.79 Å². The number of carbonyl (C=O) groups excluding carboxylic acids is 1.